The van der Waals surface area contributed by atoms with Crippen molar-refractivity contribution in [2.24, 2.45) is 5.84 Å². The molecule has 0 saturated heterocycles. The molecule has 0 aliphatic carbocycles. The summed E-state index contributed by atoms with van der Waals surface area (Å²) in [6.45, 7) is 1.95. The van der Waals surface area contributed by atoms with Gasteiger partial charge < -0.3 is 0 Å². The van der Waals surface area contributed by atoms with E-state index in [1.54, 1.807) is 6.07 Å². The lowest BCUT2D eigenvalue weighted by molar-refractivity contribution is 0.533. The molecular formula is C11H13FN4S. The van der Waals surface area contributed by atoms with Crippen LogP contribution in [0.25, 0.3) is 0 Å². The van der Waals surface area contributed by atoms with Crippen molar-refractivity contribution in [3.8, 4) is 0 Å². The summed E-state index contributed by atoms with van der Waals surface area (Å²) >= 11 is 1.27. The summed E-state index contributed by atoms with van der Waals surface area (Å²) < 4.78 is 17.0. The molecule has 3 N–H and O–H groups in total. The van der Waals surface area contributed by atoms with E-state index in [0.717, 1.165) is 16.8 Å². The molecule has 0 saturated carbocycles. The summed E-state index contributed by atoms with van der Waals surface area (Å²) in [7, 11) is 0. The lowest BCUT2D eigenvalue weighted by atomic mass is 10.00. The minimum atomic E-state index is -0.238. The van der Waals surface area contributed by atoms with Gasteiger partial charge in [-0.05, 0) is 48.1 Å². The van der Waals surface area contributed by atoms with Crippen LogP contribution in [0.4, 0.5) is 4.39 Å². The van der Waals surface area contributed by atoms with E-state index in [2.05, 4.69) is 15.0 Å². The number of halogens is 1. The largest absolute Gasteiger partial charge is 0.271 e. The minimum absolute atomic E-state index is 0.144. The quantitative estimate of drug-likeness (QED) is 0.642. The number of hydrazine groups is 1. The van der Waals surface area contributed by atoms with Crippen LogP contribution in [-0.4, -0.2) is 9.59 Å². The number of rotatable bonds is 4. The molecule has 0 spiro atoms. The van der Waals surface area contributed by atoms with Crippen molar-refractivity contribution < 1.29 is 4.39 Å². The van der Waals surface area contributed by atoms with E-state index in [4.69, 9.17) is 5.84 Å². The zero-order chi connectivity index (χ0) is 12.3. The van der Waals surface area contributed by atoms with Crippen LogP contribution in [0.5, 0.6) is 0 Å². The summed E-state index contributed by atoms with van der Waals surface area (Å²) in [4.78, 5) is 0. The van der Waals surface area contributed by atoms with E-state index in [0.29, 0.717) is 6.42 Å². The molecular weight excluding hydrogens is 239 g/mol. The smallest absolute Gasteiger partial charge is 0.123 e. The highest BCUT2D eigenvalue weighted by atomic mass is 32.1. The zero-order valence-electron chi connectivity index (χ0n) is 9.35. The van der Waals surface area contributed by atoms with Crippen LogP contribution in [0, 0.1) is 12.7 Å². The van der Waals surface area contributed by atoms with Crippen molar-refractivity contribution in [3.63, 3.8) is 0 Å². The Morgan fingerprint density at radius 1 is 1.53 bits per heavy atom. The molecule has 17 heavy (non-hydrogen) atoms. The molecule has 6 heteroatoms. The van der Waals surface area contributed by atoms with Crippen LogP contribution in [-0.2, 0) is 6.42 Å². The van der Waals surface area contributed by atoms with Gasteiger partial charge in [-0.2, -0.15) is 0 Å². The number of benzene rings is 1. The van der Waals surface area contributed by atoms with E-state index in [9.17, 15) is 4.39 Å². The third-order valence-corrected chi connectivity index (χ3v) is 3.19. The summed E-state index contributed by atoms with van der Waals surface area (Å²) in [6, 6.07) is 4.60. The molecule has 1 unspecified atom stereocenters. The Bertz CT molecular complexity index is 486. The van der Waals surface area contributed by atoms with Crippen LogP contribution in [0.1, 0.15) is 22.9 Å². The topological polar surface area (TPSA) is 63.8 Å². The van der Waals surface area contributed by atoms with E-state index in [1.165, 1.54) is 23.7 Å². The number of nitrogens with one attached hydrogen (secondary N) is 1. The van der Waals surface area contributed by atoms with Gasteiger partial charge in [0, 0.05) is 5.38 Å². The fourth-order valence-corrected chi connectivity index (χ4v) is 2.16. The number of nitrogens with two attached hydrogens (primary N) is 1. The molecule has 0 fully saturated rings. The lowest BCUT2D eigenvalue weighted by Crippen LogP contribution is -2.30. The first-order valence-corrected chi connectivity index (χ1v) is 6.02. The van der Waals surface area contributed by atoms with Gasteiger partial charge >= 0.3 is 0 Å². The average molecular weight is 252 g/mol. The highest BCUT2D eigenvalue weighted by molar-refractivity contribution is 7.03. The molecule has 2 aromatic rings. The van der Waals surface area contributed by atoms with Crippen LogP contribution < -0.4 is 11.3 Å². The number of nitrogens with zero attached hydrogens (tertiary/aromatic N) is 2. The van der Waals surface area contributed by atoms with Gasteiger partial charge in [-0.15, -0.1) is 5.10 Å². The first-order chi connectivity index (χ1) is 8.20. The highest BCUT2D eigenvalue weighted by Crippen LogP contribution is 2.19. The Morgan fingerprint density at radius 3 is 3.00 bits per heavy atom. The first kappa shape index (κ1) is 12.1. The molecule has 4 nitrogen and oxygen atoms in total. The molecule has 2 rings (SSSR count). The maximum absolute atomic E-state index is 13.2. The molecule has 1 aromatic carbocycles. The Morgan fingerprint density at radius 2 is 2.35 bits per heavy atom. The van der Waals surface area contributed by atoms with Gasteiger partial charge in [0.05, 0.1) is 11.7 Å². The molecule has 0 aliphatic heterocycles. The number of aryl methyl sites for hydroxylation is 1. The second kappa shape index (κ2) is 5.31. The van der Waals surface area contributed by atoms with Gasteiger partial charge in [0.1, 0.15) is 5.82 Å². The summed E-state index contributed by atoms with van der Waals surface area (Å²) in [5.74, 6) is 5.25. The SMILES string of the molecule is Cc1ccc(F)cc1CC(NN)c1csnn1. The van der Waals surface area contributed by atoms with Crippen LogP contribution in [0.15, 0.2) is 23.6 Å². The highest BCUT2D eigenvalue weighted by Gasteiger charge is 2.14. The first-order valence-electron chi connectivity index (χ1n) is 5.19. The fraction of sp³-hybridized carbons (Fsp3) is 0.273. The van der Waals surface area contributed by atoms with Gasteiger partial charge in [-0.25, -0.2) is 4.39 Å². The summed E-state index contributed by atoms with van der Waals surface area (Å²) in [5.41, 5.74) is 5.41. The molecule has 1 atom stereocenters. The minimum Gasteiger partial charge on any atom is -0.271 e. The molecule has 0 radical (unpaired) electrons. The maximum atomic E-state index is 13.2. The fourth-order valence-electron chi connectivity index (χ4n) is 1.65. The van der Waals surface area contributed by atoms with Crippen molar-refractivity contribution in [2.45, 2.75) is 19.4 Å². The monoisotopic (exact) mass is 252 g/mol. The van der Waals surface area contributed by atoms with E-state index < -0.39 is 0 Å². The predicted molar refractivity (Wildman–Crippen MR) is 64.8 cm³/mol. The second-order valence-electron chi connectivity index (χ2n) is 3.82. The van der Waals surface area contributed by atoms with E-state index >= 15 is 0 Å². The van der Waals surface area contributed by atoms with Gasteiger partial charge in [-0.3, -0.25) is 11.3 Å². The van der Waals surface area contributed by atoms with Crippen molar-refractivity contribution >= 4 is 11.5 Å². The summed E-state index contributed by atoms with van der Waals surface area (Å²) in [6.07, 6.45) is 0.589. The van der Waals surface area contributed by atoms with Crippen molar-refractivity contribution in [1.29, 1.82) is 0 Å². The van der Waals surface area contributed by atoms with E-state index in [1.807, 2.05) is 12.3 Å². The third-order valence-electron chi connectivity index (χ3n) is 2.67. The Hall–Kier alpha value is -1.37. The molecule has 1 aromatic heterocycles. The number of hydrogen-bond donors (Lipinski definition) is 2. The van der Waals surface area contributed by atoms with Crippen LogP contribution in [0.2, 0.25) is 0 Å². The third kappa shape index (κ3) is 2.85. The lowest BCUT2D eigenvalue weighted by Gasteiger charge is -2.14. The van der Waals surface area contributed by atoms with Gasteiger partial charge in [0.25, 0.3) is 0 Å². The molecule has 0 bridgehead atoms. The molecule has 0 amide bonds. The maximum Gasteiger partial charge on any atom is 0.123 e. The van der Waals surface area contributed by atoms with Gasteiger partial charge in [0.15, 0.2) is 0 Å². The Kier molecular flexibility index (Phi) is 3.78. The summed E-state index contributed by atoms with van der Waals surface area (Å²) in [5, 5.41) is 5.80. The van der Waals surface area contributed by atoms with Crippen molar-refractivity contribution in [3.05, 3.63) is 46.2 Å². The molecule has 0 aliphatic rings. The zero-order valence-corrected chi connectivity index (χ0v) is 10.2. The average Bonchev–Trinajstić information content (AvgIpc) is 2.84. The molecule has 1 heterocycles. The number of aromatic nitrogens is 2. The molecule has 90 valence electrons. The predicted octanol–water partition coefficient (Wildman–Crippen LogP) is 1.73. The standard InChI is InChI=1S/C11H13FN4S/c1-7-2-3-9(12)4-8(7)5-10(14-13)11-6-17-16-15-11/h2-4,6,10,14H,5,13H2,1H3. The Balaban J connectivity index is 2.21. The normalized spacial score (nSPS) is 12.6. The van der Waals surface area contributed by atoms with E-state index in [-0.39, 0.29) is 11.9 Å². The Labute approximate surface area is 103 Å². The van der Waals surface area contributed by atoms with Crippen LogP contribution >= 0.6 is 11.5 Å². The van der Waals surface area contributed by atoms with Gasteiger partial charge in [0.2, 0.25) is 0 Å². The van der Waals surface area contributed by atoms with Crippen molar-refractivity contribution in [2.75, 3.05) is 0 Å². The second-order valence-corrected chi connectivity index (χ2v) is 4.43. The number of hydrogen-bond acceptors (Lipinski definition) is 5. The van der Waals surface area contributed by atoms with Gasteiger partial charge in [-0.1, -0.05) is 10.6 Å². The van der Waals surface area contributed by atoms with Crippen molar-refractivity contribution in [1.82, 2.24) is 15.0 Å². The van der Waals surface area contributed by atoms with Crippen LogP contribution in [0.3, 0.4) is 0 Å².